The minimum atomic E-state index is 0.759. The average molecular weight is 322 g/mol. The van der Waals surface area contributed by atoms with Crippen LogP contribution >= 0.6 is 0 Å². The van der Waals surface area contributed by atoms with E-state index in [0.29, 0.717) is 0 Å². The topological polar surface area (TPSA) is 55.8 Å². The number of hydrogen-bond acceptors (Lipinski definition) is 4. The summed E-state index contributed by atoms with van der Waals surface area (Å²) >= 11 is 0. The van der Waals surface area contributed by atoms with Gasteiger partial charge in [-0.3, -0.25) is 4.90 Å². The molecule has 2 aromatic heterocycles. The van der Waals surface area contributed by atoms with E-state index in [1.807, 2.05) is 24.4 Å². The van der Waals surface area contributed by atoms with Gasteiger partial charge in [0.2, 0.25) is 0 Å². The SMILES string of the molecule is Nc1ccc2nc(Cc3ccccc3)c(CN3CCOCC3)n2c1. The average Bonchev–Trinajstić information content (AvgIpc) is 2.94. The van der Waals surface area contributed by atoms with Gasteiger partial charge in [-0.05, 0) is 17.7 Å². The van der Waals surface area contributed by atoms with Crippen LogP contribution in [0.15, 0.2) is 48.7 Å². The van der Waals surface area contributed by atoms with E-state index in [4.69, 9.17) is 15.5 Å². The largest absolute Gasteiger partial charge is 0.398 e. The van der Waals surface area contributed by atoms with Gasteiger partial charge < -0.3 is 14.9 Å². The lowest BCUT2D eigenvalue weighted by molar-refractivity contribution is 0.0334. The van der Waals surface area contributed by atoms with Crippen LogP contribution in [0.25, 0.3) is 5.65 Å². The van der Waals surface area contributed by atoms with Crippen molar-refractivity contribution in [3.63, 3.8) is 0 Å². The quantitative estimate of drug-likeness (QED) is 0.801. The third-order valence-electron chi connectivity index (χ3n) is 4.51. The van der Waals surface area contributed by atoms with Crippen LogP contribution in [0.1, 0.15) is 17.0 Å². The zero-order valence-corrected chi connectivity index (χ0v) is 13.7. The van der Waals surface area contributed by atoms with Crippen molar-refractivity contribution in [1.29, 1.82) is 0 Å². The van der Waals surface area contributed by atoms with Gasteiger partial charge >= 0.3 is 0 Å². The Hall–Kier alpha value is -2.37. The van der Waals surface area contributed by atoms with E-state index in [1.54, 1.807) is 0 Å². The zero-order chi connectivity index (χ0) is 16.4. The maximum absolute atomic E-state index is 6.01. The Kier molecular flexibility index (Phi) is 4.19. The van der Waals surface area contributed by atoms with E-state index in [1.165, 1.54) is 11.3 Å². The molecule has 2 N–H and O–H groups in total. The number of imidazole rings is 1. The molecule has 1 aliphatic rings. The van der Waals surface area contributed by atoms with Crippen LogP contribution in [0.4, 0.5) is 5.69 Å². The predicted octanol–water partition coefficient (Wildman–Crippen LogP) is 2.34. The summed E-state index contributed by atoms with van der Waals surface area (Å²) in [7, 11) is 0. The molecule has 0 bridgehead atoms. The highest BCUT2D eigenvalue weighted by molar-refractivity contribution is 5.51. The lowest BCUT2D eigenvalue weighted by Crippen LogP contribution is -2.36. The molecule has 1 aromatic carbocycles. The lowest BCUT2D eigenvalue weighted by Gasteiger charge is -2.26. The fourth-order valence-corrected chi connectivity index (χ4v) is 3.23. The van der Waals surface area contributed by atoms with Crippen molar-refractivity contribution in [1.82, 2.24) is 14.3 Å². The van der Waals surface area contributed by atoms with E-state index < -0.39 is 0 Å². The maximum Gasteiger partial charge on any atom is 0.137 e. The Morgan fingerprint density at radius 3 is 2.62 bits per heavy atom. The van der Waals surface area contributed by atoms with Gasteiger partial charge in [0.15, 0.2) is 0 Å². The number of fused-ring (bicyclic) bond motifs is 1. The summed E-state index contributed by atoms with van der Waals surface area (Å²) in [5, 5.41) is 0. The molecule has 0 unspecified atom stereocenters. The second kappa shape index (κ2) is 6.63. The number of hydrogen-bond donors (Lipinski definition) is 1. The number of anilines is 1. The molecular weight excluding hydrogens is 300 g/mol. The summed E-state index contributed by atoms with van der Waals surface area (Å²) in [6.45, 7) is 4.39. The van der Waals surface area contributed by atoms with Crippen molar-refractivity contribution in [3.05, 3.63) is 65.6 Å². The van der Waals surface area contributed by atoms with Gasteiger partial charge in [0.25, 0.3) is 0 Å². The molecule has 5 heteroatoms. The van der Waals surface area contributed by atoms with Gasteiger partial charge in [-0.25, -0.2) is 4.98 Å². The summed E-state index contributed by atoms with van der Waals surface area (Å²) in [6, 6.07) is 14.4. The van der Waals surface area contributed by atoms with Gasteiger partial charge in [0.05, 0.1) is 24.6 Å². The number of nitrogens with zero attached hydrogens (tertiary/aromatic N) is 3. The highest BCUT2D eigenvalue weighted by Gasteiger charge is 2.18. The number of benzene rings is 1. The smallest absolute Gasteiger partial charge is 0.137 e. The summed E-state index contributed by atoms with van der Waals surface area (Å²) < 4.78 is 7.61. The zero-order valence-electron chi connectivity index (χ0n) is 13.7. The molecule has 0 spiro atoms. The van der Waals surface area contributed by atoms with Crippen molar-refractivity contribution in [2.75, 3.05) is 32.0 Å². The molecule has 24 heavy (non-hydrogen) atoms. The van der Waals surface area contributed by atoms with Gasteiger partial charge in [0, 0.05) is 37.9 Å². The highest BCUT2D eigenvalue weighted by atomic mass is 16.5. The molecule has 0 saturated carbocycles. The first-order valence-corrected chi connectivity index (χ1v) is 8.39. The van der Waals surface area contributed by atoms with Crippen LogP contribution in [0, 0.1) is 0 Å². The molecule has 1 aliphatic heterocycles. The van der Waals surface area contributed by atoms with Crippen LogP contribution in [0.2, 0.25) is 0 Å². The van der Waals surface area contributed by atoms with Crippen molar-refractivity contribution in [2.45, 2.75) is 13.0 Å². The van der Waals surface area contributed by atoms with Crippen molar-refractivity contribution >= 4 is 11.3 Å². The molecule has 0 aliphatic carbocycles. The fourth-order valence-electron chi connectivity index (χ4n) is 3.23. The number of rotatable bonds is 4. The number of aromatic nitrogens is 2. The molecule has 4 rings (SSSR count). The molecule has 124 valence electrons. The third-order valence-corrected chi connectivity index (χ3v) is 4.51. The number of nitrogens with two attached hydrogens (primary N) is 1. The molecule has 5 nitrogen and oxygen atoms in total. The first kappa shape index (κ1) is 15.2. The van der Waals surface area contributed by atoms with E-state index >= 15 is 0 Å². The van der Waals surface area contributed by atoms with Crippen molar-refractivity contribution < 1.29 is 4.74 Å². The number of pyridine rings is 1. The number of ether oxygens (including phenoxy) is 1. The van der Waals surface area contributed by atoms with Crippen LogP contribution in [0.5, 0.6) is 0 Å². The molecule has 3 aromatic rings. The minimum Gasteiger partial charge on any atom is -0.398 e. The maximum atomic E-state index is 6.01. The van der Waals surface area contributed by atoms with Crippen LogP contribution in [-0.4, -0.2) is 40.6 Å². The Balaban J connectivity index is 1.72. The van der Waals surface area contributed by atoms with Crippen LogP contribution < -0.4 is 5.73 Å². The highest BCUT2D eigenvalue weighted by Crippen LogP contribution is 2.20. The van der Waals surface area contributed by atoms with Crippen LogP contribution in [0.3, 0.4) is 0 Å². The Morgan fingerprint density at radius 2 is 1.83 bits per heavy atom. The van der Waals surface area contributed by atoms with E-state index in [9.17, 15) is 0 Å². The van der Waals surface area contributed by atoms with Gasteiger partial charge in [-0.2, -0.15) is 0 Å². The molecule has 1 fully saturated rings. The molecule has 0 amide bonds. The molecular formula is C19H22N4O. The number of morpholine rings is 1. The van der Waals surface area contributed by atoms with Gasteiger partial charge in [-0.1, -0.05) is 30.3 Å². The normalized spacial score (nSPS) is 15.8. The predicted molar refractivity (Wildman–Crippen MR) is 94.9 cm³/mol. The van der Waals surface area contributed by atoms with E-state index in [-0.39, 0.29) is 0 Å². The first-order valence-electron chi connectivity index (χ1n) is 8.39. The lowest BCUT2D eigenvalue weighted by atomic mass is 10.1. The molecule has 0 radical (unpaired) electrons. The second-order valence-corrected chi connectivity index (χ2v) is 6.25. The van der Waals surface area contributed by atoms with Crippen molar-refractivity contribution in [2.24, 2.45) is 0 Å². The van der Waals surface area contributed by atoms with Gasteiger partial charge in [0.1, 0.15) is 5.65 Å². The summed E-state index contributed by atoms with van der Waals surface area (Å²) in [5.74, 6) is 0. The van der Waals surface area contributed by atoms with E-state index in [0.717, 1.165) is 56.3 Å². The summed E-state index contributed by atoms with van der Waals surface area (Å²) in [4.78, 5) is 7.29. The fraction of sp³-hybridized carbons (Fsp3) is 0.316. The monoisotopic (exact) mass is 322 g/mol. The standard InChI is InChI=1S/C19H22N4O/c20-16-6-7-19-21-17(12-15-4-2-1-3-5-15)18(23(19)13-16)14-22-8-10-24-11-9-22/h1-7,13H,8-12,14,20H2. The molecule has 1 saturated heterocycles. The number of nitrogen functional groups attached to an aromatic ring is 1. The summed E-state index contributed by atoms with van der Waals surface area (Å²) in [5.41, 5.74) is 11.3. The van der Waals surface area contributed by atoms with Gasteiger partial charge in [-0.15, -0.1) is 0 Å². The Morgan fingerprint density at radius 1 is 1.04 bits per heavy atom. The minimum absolute atomic E-state index is 0.759. The second-order valence-electron chi connectivity index (χ2n) is 6.25. The first-order chi connectivity index (χ1) is 11.8. The Labute approximate surface area is 141 Å². The Bertz CT molecular complexity index is 822. The van der Waals surface area contributed by atoms with E-state index in [2.05, 4.69) is 33.6 Å². The van der Waals surface area contributed by atoms with Crippen molar-refractivity contribution in [3.8, 4) is 0 Å². The molecule has 3 heterocycles. The third kappa shape index (κ3) is 3.13. The molecule has 0 atom stereocenters. The summed E-state index contributed by atoms with van der Waals surface area (Å²) in [6.07, 6.45) is 2.81. The van der Waals surface area contributed by atoms with Crippen LogP contribution in [-0.2, 0) is 17.7 Å².